The maximum absolute atomic E-state index is 12.4. The summed E-state index contributed by atoms with van der Waals surface area (Å²) in [7, 11) is 0. The van der Waals surface area contributed by atoms with E-state index in [-0.39, 0.29) is 36.7 Å². The summed E-state index contributed by atoms with van der Waals surface area (Å²) in [5.41, 5.74) is 2.14. The van der Waals surface area contributed by atoms with E-state index in [1.54, 1.807) is 24.3 Å². The summed E-state index contributed by atoms with van der Waals surface area (Å²) >= 11 is 0. The molecule has 1 unspecified atom stereocenters. The lowest BCUT2D eigenvalue weighted by Gasteiger charge is -2.16. The summed E-state index contributed by atoms with van der Waals surface area (Å²) in [5.74, 6) is -0.733. The Labute approximate surface area is 164 Å². The molecular formula is C22H24N3O3+. The van der Waals surface area contributed by atoms with Crippen molar-refractivity contribution in [2.45, 2.75) is 25.4 Å². The van der Waals surface area contributed by atoms with Crippen molar-refractivity contribution in [2.75, 3.05) is 19.6 Å². The highest BCUT2D eigenvalue weighted by molar-refractivity contribution is 6.21. The summed E-state index contributed by atoms with van der Waals surface area (Å²) in [4.78, 5) is 39.7. The van der Waals surface area contributed by atoms with Gasteiger partial charge in [0.1, 0.15) is 6.54 Å². The smallest absolute Gasteiger partial charge is 0.261 e. The Kier molecular flexibility index (Phi) is 5.21. The van der Waals surface area contributed by atoms with Gasteiger partial charge in [-0.2, -0.15) is 0 Å². The van der Waals surface area contributed by atoms with E-state index in [0.717, 1.165) is 26.1 Å². The van der Waals surface area contributed by atoms with Gasteiger partial charge in [0.25, 0.3) is 11.8 Å². The molecule has 0 bridgehead atoms. The fourth-order valence-electron chi connectivity index (χ4n) is 4.05. The first-order chi connectivity index (χ1) is 13.6. The largest absolute Gasteiger partial charge is 0.347 e. The second-order valence-corrected chi connectivity index (χ2v) is 7.48. The van der Waals surface area contributed by atoms with Crippen LogP contribution >= 0.6 is 0 Å². The Balaban J connectivity index is 1.25. The molecule has 0 aromatic heterocycles. The van der Waals surface area contributed by atoms with Crippen molar-refractivity contribution in [3.8, 4) is 0 Å². The number of fused-ring (bicyclic) bond motifs is 1. The first-order valence-electron chi connectivity index (χ1n) is 9.74. The molecule has 2 aromatic carbocycles. The molecule has 0 spiro atoms. The molecular weight excluding hydrogens is 354 g/mol. The maximum Gasteiger partial charge on any atom is 0.261 e. The highest BCUT2D eigenvalue weighted by Crippen LogP contribution is 2.22. The molecule has 2 aromatic rings. The minimum atomic E-state index is -0.312. The van der Waals surface area contributed by atoms with Gasteiger partial charge < -0.3 is 10.2 Å². The van der Waals surface area contributed by atoms with Crippen LogP contribution in [0.2, 0.25) is 0 Å². The highest BCUT2D eigenvalue weighted by Gasteiger charge is 2.35. The molecule has 144 valence electrons. The number of nitrogens with zero attached hydrogens (tertiary/aromatic N) is 1. The zero-order valence-corrected chi connectivity index (χ0v) is 15.7. The van der Waals surface area contributed by atoms with Crippen LogP contribution in [0.15, 0.2) is 54.6 Å². The van der Waals surface area contributed by atoms with Crippen LogP contribution in [-0.2, 0) is 11.3 Å². The predicted octanol–water partition coefficient (Wildman–Crippen LogP) is 0.646. The van der Waals surface area contributed by atoms with E-state index in [0.29, 0.717) is 11.1 Å². The number of likely N-dealkylation sites (tertiary alicyclic amines) is 1. The van der Waals surface area contributed by atoms with Crippen LogP contribution in [0.25, 0.3) is 0 Å². The number of carbonyl (C=O) groups excluding carboxylic acids is 3. The molecule has 2 heterocycles. The van der Waals surface area contributed by atoms with Gasteiger partial charge in [0, 0.05) is 24.9 Å². The fourth-order valence-corrected chi connectivity index (χ4v) is 4.05. The number of nitrogens with one attached hydrogen (secondary N) is 2. The molecule has 2 atom stereocenters. The Morgan fingerprint density at radius 3 is 2.32 bits per heavy atom. The standard InChI is InChI=1S/C22H23N3O3/c26-20(11-13-25-21(27)18-8-4-5-9-19(18)22(25)28)23-17-10-12-24(15-17)14-16-6-2-1-3-7-16/h1-9,17H,10-15H2,(H,23,26)/p+1/t17-/m0/s1. The molecule has 3 amide bonds. The summed E-state index contributed by atoms with van der Waals surface area (Å²) in [6, 6.07) is 17.3. The van der Waals surface area contributed by atoms with E-state index in [1.165, 1.54) is 15.4 Å². The zero-order valence-electron chi connectivity index (χ0n) is 15.7. The maximum atomic E-state index is 12.4. The third kappa shape index (κ3) is 3.82. The average molecular weight is 378 g/mol. The SMILES string of the molecule is O=C(CCN1C(=O)c2ccccc2C1=O)N[C@H]1CC[NH+](Cc2ccccc2)C1. The van der Waals surface area contributed by atoms with Crippen LogP contribution < -0.4 is 10.2 Å². The van der Waals surface area contributed by atoms with Crippen molar-refractivity contribution in [1.82, 2.24) is 10.2 Å². The van der Waals surface area contributed by atoms with Crippen molar-refractivity contribution in [2.24, 2.45) is 0 Å². The number of carbonyl (C=O) groups is 3. The quantitative estimate of drug-likeness (QED) is 0.725. The predicted molar refractivity (Wildman–Crippen MR) is 104 cm³/mol. The van der Waals surface area contributed by atoms with Gasteiger partial charge in [-0.25, -0.2) is 0 Å². The fraction of sp³-hybridized carbons (Fsp3) is 0.318. The summed E-state index contributed by atoms with van der Waals surface area (Å²) in [5, 5.41) is 3.06. The summed E-state index contributed by atoms with van der Waals surface area (Å²) < 4.78 is 0. The molecule has 1 fully saturated rings. The number of rotatable bonds is 6. The van der Waals surface area contributed by atoms with Crippen LogP contribution in [-0.4, -0.2) is 48.3 Å². The molecule has 4 rings (SSSR count). The van der Waals surface area contributed by atoms with Crippen LogP contribution in [0.4, 0.5) is 0 Å². The van der Waals surface area contributed by atoms with Gasteiger partial charge in [-0.15, -0.1) is 0 Å². The minimum Gasteiger partial charge on any atom is -0.347 e. The molecule has 2 aliphatic heterocycles. The summed E-state index contributed by atoms with van der Waals surface area (Å²) in [6.07, 6.45) is 1.08. The van der Waals surface area contributed by atoms with E-state index < -0.39 is 0 Å². The normalized spacial score (nSPS) is 21.1. The molecule has 6 nitrogen and oxygen atoms in total. The van der Waals surface area contributed by atoms with Gasteiger partial charge in [-0.3, -0.25) is 19.3 Å². The number of hydrogen-bond donors (Lipinski definition) is 2. The van der Waals surface area contributed by atoms with Crippen LogP contribution in [0.3, 0.4) is 0 Å². The molecule has 28 heavy (non-hydrogen) atoms. The third-order valence-electron chi connectivity index (χ3n) is 5.48. The van der Waals surface area contributed by atoms with E-state index in [4.69, 9.17) is 0 Å². The molecule has 0 aliphatic carbocycles. The van der Waals surface area contributed by atoms with Crippen molar-refractivity contribution < 1.29 is 19.3 Å². The van der Waals surface area contributed by atoms with Crippen molar-refractivity contribution in [1.29, 1.82) is 0 Å². The molecule has 1 saturated heterocycles. The summed E-state index contributed by atoms with van der Waals surface area (Å²) in [6.45, 7) is 3.00. The van der Waals surface area contributed by atoms with Crippen molar-refractivity contribution >= 4 is 17.7 Å². The van der Waals surface area contributed by atoms with E-state index in [9.17, 15) is 14.4 Å². The van der Waals surface area contributed by atoms with Gasteiger partial charge in [-0.1, -0.05) is 42.5 Å². The van der Waals surface area contributed by atoms with Crippen LogP contribution in [0, 0.1) is 0 Å². The van der Waals surface area contributed by atoms with Gasteiger partial charge in [-0.05, 0) is 12.1 Å². The second kappa shape index (κ2) is 7.94. The van der Waals surface area contributed by atoms with Gasteiger partial charge in [0.15, 0.2) is 0 Å². The van der Waals surface area contributed by atoms with Crippen molar-refractivity contribution in [3.05, 3.63) is 71.3 Å². The van der Waals surface area contributed by atoms with Gasteiger partial charge >= 0.3 is 0 Å². The number of benzene rings is 2. The molecule has 6 heteroatoms. The molecule has 2 N–H and O–H groups in total. The Hall–Kier alpha value is -2.99. The number of imide groups is 1. The van der Waals surface area contributed by atoms with Crippen LogP contribution in [0.1, 0.15) is 39.1 Å². The van der Waals surface area contributed by atoms with E-state index >= 15 is 0 Å². The lowest BCUT2D eigenvalue weighted by Crippen LogP contribution is -3.09. The van der Waals surface area contributed by atoms with Gasteiger partial charge in [0.2, 0.25) is 5.91 Å². The third-order valence-corrected chi connectivity index (χ3v) is 5.48. The van der Waals surface area contributed by atoms with E-state index in [1.807, 2.05) is 18.2 Å². The zero-order chi connectivity index (χ0) is 19.5. The monoisotopic (exact) mass is 378 g/mol. The lowest BCUT2D eigenvalue weighted by molar-refractivity contribution is -0.901. The van der Waals surface area contributed by atoms with Crippen LogP contribution in [0.5, 0.6) is 0 Å². The topological polar surface area (TPSA) is 70.9 Å². The highest BCUT2D eigenvalue weighted by atomic mass is 16.2. The Morgan fingerprint density at radius 2 is 1.64 bits per heavy atom. The lowest BCUT2D eigenvalue weighted by atomic mass is 10.1. The van der Waals surface area contributed by atoms with Crippen molar-refractivity contribution in [3.63, 3.8) is 0 Å². The molecule has 2 aliphatic rings. The Morgan fingerprint density at radius 1 is 1.00 bits per heavy atom. The van der Waals surface area contributed by atoms with E-state index in [2.05, 4.69) is 17.4 Å². The molecule has 0 radical (unpaired) electrons. The number of hydrogen-bond acceptors (Lipinski definition) is 3. The molecule has 0 saturated carbocycles. The first-order valence-corrected chi connectivity index (χ1v) is 9.74. The first kappa shape index (κ1) is 18.4. The Bertz CT molecular complexity index is 862. The average Bonchev–Trinajstić information content (AvgIpc) is 3.24. The second-order valence-electron chi connectivity index (χ2n) is 7.48. The van der Waals surface area contributed by atoms with Gasteiger partial charge in [0.05, 0.1) is 30.3 Å². The number of amides is 3. The minimum absolute atomic E-state index is 0.109. The number of quaternary nitrogens is 1.